The van der Waals surface area contributed by atoms with E-state index in [1.807, 2.05) is 0 Å². The van der Waals surface area contributed by atoms with E-state index in [0.29, 0.717) is 6.61 Å². The van der Waals surface area contributed by atoms with E-state index in [9.17, 15) is 14.0 Å². The van der Waals surface area contributed by atoms with Gasteiger partial charge < -0.3 is 4.74 Å². The maximum Gasteiger partial charge on any atom is 0.170 e. The van der Waals surface area contributed by atoms with Gasteiger partial charge in [0.05, 0.1) is 13.0 Å². The number of hydrogen-bond acceptors (Lipinski definition) is 3. The number of carbonyl (C=O) groups is 2. The first-order valence-corrected chi connectivity index (χ1v) is 4.99. The molecular formula is C12H13FO3. The van der Waals surface area contributed by atoms with Crippen LogP contribution in [0.25, 0.3) is 0 Å². The van der Waals surface area contributed by atoms with E-state index in [2.05, 4.69) is 0 Å². The van der Waals surface area contributed by atoms with Gasteiger partial charge in [0.2, 0.25) is 0 Å². The molecule has 0 fully saturated rings. The van der Waals surface area contributed by atoms with Crippen molar-refractivity contribution < 1.29 is 18.7 Å². The molecule has 4 heteroatoms. The topological polar surface area (TPSA) is 43.4 Å². The van der Waals surface area contributed by atoms with Gasteiger partial charge in [0.1, 0.15) is 5.78 Å². The van der Waals surface area contributed by atoms with Gasteiger partial charge in [-0.05, 0) is 32.0 Å². The van der Waals surface area contributed by atoms with Gasteiger partial charge in [-0.25, -0.2) is 4.39 Å². The van der Waals surface area contributed by atoms with E-state index >= 15 is 0 Å². The average Bonchev–Trinajstić information content (AvgIpc) is 2.20. The third kappa shape index (κ3) is 3.15. The van der Waals surface area contributed by atoms with Crippen LogP contribution >= 0.6 is 0 Å². The third-order valence-electron chi connectivity index (χ3n) is 1.96. The number of carbonyl (C=O) groups excluding carboxylic acids is 2. The van der Waals surface area contributed by atoms with E-state index in [1.54, 1.807) is 6.92 Å². The predicted octanol–water partition coefficient (Wildman–Crippen LogP) is 2.39. The minimum Gasteiger partial charge on any atom is -0.491 e. The molecule has 0 unspecified atom stereocenters. The van der Waals surface area contributed by atoms with Crippen molar-refractivity contribution in [2.45, 2.75) is 20.3 Å². The molecule has 0 bridgehead atoms. The standard InChI is InChI=1S/C12H13FO3/c1-3-16-12-5-4-9(7-10(12)13)11(15)6-8(2)14/h4-5,7H,3,6H2,1-2H3. The molecule has 0 aliphatic carbocycles. The third-order valence-corrected chi connectivity index (χ3v) is 1.96. The molecular weight excluding hydrogens is 211 g/mol. The molecule has 0 N–H and O–H groups in total. The quantitative estimate of drug-likeness (QED) is 0.569. The SMILES string of the molecule is CCOc1ccc(C(=O)CC(C)=O)cc1F. The lowest BCUT2D eigenvalue weighted by atomic mass is 10.1. The normalized spacial score (nSPS) is 9.94. The molecule has 1 rings (SSSR count). The van der Waals surface area contributed by atoms with Crippen molar-refractivity contribution in [3.8, 4) is 5.75 Å². The van der Waals surface area contributed by atoms with Gasteiger partial charge in [-0.1, -0.05) is 0 Å². The molecule has 1 aromatic carbocycles. The van der Waals surface area contributed by atoms with Gasteiger partial charge in [0, 0.05) is 5.56 Å². The molecule has 0 aliphatic heterocycles. The van der Waals surface area contributed by atoms with E-state index in [1.165, 1.54) is 19.1 Å². The zero-order valence-electron chi connectivity index (χ0n) is 9.25. The maximum atomic E-state index is 13.4. The van der Waals surface area contributed by atoms with Gasteiger partial charge in [-0.3, -0.25) is 9.59 Å². The Balaban J connectivity index is 2.88. The van der Waals surface area contributed by atoms with Crippen molar-refractivity contribution >= 4 is 11.6 Å². The molecule has 1 aromatic rings. The van der Waals surface area contributed by atoms with Gasteiger partial charge in [0.25, 0.3) is 0 Å². The smallest absolute Gasteiger partial charge is 0.170 e. The molecule has 0 heterocycles. The Bertz CT molecular complexity index is 413. The molecule has 0 saturated carbocycles. The fraction of sp³-hybridized carbons (Fsp3) is 0.333. The molecule has 0 aromatic heterocycles. The summed E-state index contributed by atoms with van der Waals surface area (Å²) in [7, 11) is 0. The molecule has 3 nitrogen and oxygen atoms in total. The zero-order valence-corrected chi connectivity index (χ0v) is 9.25. The zero-order chi connectivity index (χ0) is 12.1. The maximum absolute atomic E-state index is 13.4. The van der Waals surface area contributed by atoms with Gasteiger partial charge in [-0.2, -0.15) is 0 Å². The number of halogens is 1. The fourth-order valence-corrected chi connectivity index (χ4v) is 1.28. The van der Waals surface area contributed by atoms with Crippen LogP contribution in [0.4, 0.5) is 4.39 Å². The van der Waals surface area contributed by atoms with Crippen LogP contribution in [-0.4, -0.2) is 18.2 Å². The fourth-order valence-electron chi connectivity index (χ4n) is 1.28. The second-order valence-electron chi connectivity index (χ2n) is 3.38. The second-order valence-corrected chi connectivity index (χ2v) is 3.38. The first kappa shape index (κ1) is 12.4. The number of rotatable bonds is 5. The largest absolute Gasteiger partial charge is 0.491 e. The number of Topliss-reactive ketones (excluding diaryl/α,β-unsaturated/α-hetero) is 2. The number of ether oxygens (including phenoxy) is 1. The number of hydrogen-bond donors (Lipinski definition) is 0. The summed E-state index contributed by atoms with van der Waals surface area (Å²) in [5.74, 6) is -1.09. The van der Waals surface area contributed by atoms with Crippen molar-refractivity contribution in [3.63, 3.8) is 0 Å². The number of ketones is 2. The molecule has 0 aliphatic rings. The Hall–Kier alpha value is -1.71. The monoisotopic (exact) mass is 224 g/mol. The lowest BCUT2D eigenvalue weighted by molar-refractivity contribution is -0.116. The molecule has 0 atom stereocenters. The van der Waals surface area contributed by atoms with Crippen molar-refractivity contribution in [2.24, 2.45) is 0 Å². The Morgan fingerprint density at radius 1 is 1.38 bits per heavy atom. The van der Waals surface area contributed by atoms with Crippen molar-refractivity contribution in [1.82, 2.24) is 0 Å². The van der Waals surface area contributed by atoms with Crippen LogP contribution in [-0.2, 0) is 4.79 Å². The Kier molecular flexibility index (Phi) is 4.17. The first-order valence-electron chi connectivity index (χ1n) is 4.99. The van der Waals surface area contributed by atoms with Crippen molar-refractivity contribution in [3.05, 3.63) is 29.6 Å². The Labute approximate surface area is 93.2 Å². The lowest BCUT2D eigenvalue weighted by Gasteiger charge is -2.05. The summed E-state index contributed by atoms with van der Waals surface area (Å²) in [5, 5.41) is 0. The summed E-state index contributed by atoms with van der Waals surface area (Å²) in [6.45, 7) is 3.43. The minimum atomic E-state index is -0.587. The predicted molar refractivity (Wildman–Crippen MR) is 57.2 cm³/mol. The highest BCUT2D eigenvalue weighted by atomic mass is 19.1. The van der Waals surface area contributed by atoms with Crippen molar-refractivity contribution in [1.29, 1.82) is 0 Å². The average molecular weight is 224 g/mol. The van der Waals surface area contributed by atoms with Crippen LogP contribution < -0.4 is 4.74 Å². The van der Waals surface area contributed by atoms with Crippen LogP contribution in [0.2, 0.25) is 0 Å². The molecule has 0 spiro atoms. The Morgan fingerprint density at radius 3 is 2.56 bits per heavy atom. The molecule has 0 radical (unpaired) electrons. The summed E-state index contributed by atoms with van der Waals surface area (Å²) >= 11 is 0. The van der Waals surface area contributed by atoms with Crippen molar-refractivity contribution in [2.75, 3.05) is 6.61 Å². The molecule has 16 heavy (non-hydrogen) atoms. The summed E-state index contributed by atoms with van der Waals surface area (Å²) in [5.41, 5.74) is 0.191. The first-order chi connectivity index (χ1) is 7.54. The van der Waals surface area contributed by atoms with Gasteiger partial charge >= 0.3 is 0 Å². The molecule has 0 amide bonds. The number of benzene rings is 1. The lowest BCUT2D eigenvalue weighted by Crippen LogP contribution is -2.05. The minimum absolute atomic E-state index is 0.113. The Morgan fingerprint density at radius 2 is 2.06 bits per heavy atom. The van der Waals surface area contributed by atoms with Crippen LogP contribution in [0.5, 0.6) is 5.75 Å². The highest BCUT2D eigenvalue weighted by Gasteiger charge is 2.11. The highest BCUT2D eigenvalue weighted by molar-refractivity contribution is 6.07. The van der Waals surface area contributed by atoms with Gasteiger partial charge in [0.15, 0.2) is 17.3 Å². The summed E-state index contributed by atoms with van der Waals surface area (Å²) in [6.07, 6.45) is -0.201. The van der Waals surface area contributed by atoms with E-state index < -0.39 is 5.82 Å². The molecule has 0 saturated heterocycles. The second kappa shape index (κ2) is 5.39. The van der Waals surface area contributed by atoms with E-state index in [4.69, 9.17) is 4.74 Å². The van der Waals surface area contributed by atoms with Crippen LogP contribution in [0.15, 0.2) is 18.2 Å². The van der Waals surface area contributed by atoms with Crippen LogP contribution in [0, 0.1) is 5.82 Å². The summed E-state index contributed by atoms with van der Waals surface area (Å²) in [6, 6.07) is 3.95. The molecule has 86 valence electrons. The van der Waals surface area contributed by atoms with E-state index in [-0.39, 0.29) is 29.3 Å². The highest BCUT2D eigenvalue weighted by Crippen LogP contribution is 2.19. The summed E-state index contributed by atoms with van der Waals surface area (Å²) < 4.78 is 18.4. The van der Waals surface area contributed by atoms with Gasteiger partial charge in [-0.15, -0.1) is 0 Å². The van der Waals surface area contributed by atoms with Crippen LogP contribution in [0.1, 0.15) is 30.6 Å². The summed E-state index contributed by atoms with van der Waals surface area (Å²) in [4.78, 5) is 22.2. The van der Waals surface area contributed by atoms with Crippen LogP contribution in [0.3, 0.4) is 0 Å². The van der Waals surface area contributed by atoms with E-state index in [0.717, 1.165) is 6.07 Å².